The Morgan fingerprint density at radius 3 is 2.60 bits per heavy atom. The molecule has 3 nitrogen and oxygen atoms in total. The summed E-state index contributed by atoms with van der Waals surface area (Å²) in [5.41, 5.74) is 6.48. The van der Waals surface area contributed by atoms with Crippen LogP contribution in [0.4, 0.5) is 18.9 Å². The maximum atomic E-state index is 12.2. The highest BCUT2D eigenvalue weighted by atomic mass is 19.4. The van der Waals surface area contributed by atoms with Crippen LogP contribution in [0.5, 0.6) is 0 Å². The molecule has 3 N–H and O–H groups in total. The minimum atomic E-state index is -4.20. The fourth-order valence-corrected chi connectivity index (χ4v) is 1.71. The van der Waals surface area contributed by atoms with Gasteiger partial charge in [-0.3, -0.25) is 4.79 Å². The molecular formula is C14H19F3N2O. The summed E-state index contributed by atoms with van der Waals surface area (Å²) in [5.74, 6) is -0.234. The van der Waals surface area contributed by atoms with Gasteiger partial charge in [0.15, 0.2) is 0 Å². The van der Waals surface area contributed by atoms with Gasteiger partial charge in [-0.1, -0.05) is 18.2 Å². The molecule has 1 unspecified atom stereocenters. The van der Waals surface area contributed by atoms with Crippen molar-refractivity contribution in [3.8, 4) is 0 Å². The highest BCUT2D eigenvalue weighted by Crippen LogP contribution is 2.25. The van der Waals surface area contributed by atoms with E-state index in [4.69, 9.17) is 5.73 Å². The number of aryl methyl sites for hydroxylation is 1. The number of hydrogen-bond acceptors (Lipinski definition) is 2. The molecule has 0 aliphatic carbocycles. The first kappa shape index (κ1) is 16.5. The molecule has 0 heterocycles. The monoisotopic (exact) mass is 288 g/mol. The first-order valence-corrected chi connectivity index (χ1v) is 6.48. The Kier molecular flexibility index (Phi) is 6.01. The summed E-state index contributed by atoms with van der Waals surface area (Å²) in [7, 11) is 0. The Bertz CT molecular complexity index is 444. The van der Waals surface area contributed by atoms with E-state index in [2.05, 4.69) is 5.32 Å². The average Bonchev–Trinajstić information content (AvgIpc) is 2.34. The Hall–Kier alpha value is -1.56. The van der Waals surface area contributed by atoms with E-state index in [0.717, 1.165) is 0 Å². The minimum absolute atomic E-state index is 0.0822. The van der Waals surface area contributed by atoms with Gasteiger partial charge in [-0.05, 0) is 31.4 Å². The lowest BCUT2D eigenvalue weighted by Crippen LogP contribution is -2.20. The lowest BCUT2D eigenvalue weighted by Gasteiger charge is -2.12. The Balaban J connectivity index is 2.63. The first-order valence-electron chi connectivity index (χ1n) is 6.48. The molecule has 0 fully saturated rings. The molecule has 0 saturated heterocycles. The lowest BCUT2D eigenvalue weighted by atomic mass is 10.1. The average molecular weight is 288 g/mol. The summed E-state index contributed by atoms with van der Waals surface area (Å²) in [5, 5.41) is 2.64. The van der Waals surface area contributed by atoms with Gasteiger partial charge in [-0.2, -0.15) is 13.2 Å². The van der Waals surface area contributed by atoms with Crippen molar-refractivity contribution in [1.82, 2.24) is 0 Å². The molecule has 1 atom stereocenters. The summed E-state index contributed by atoms with van der Waals surface area (Å²) in [6.07, 6.45) is -4.46. The van der Waals surface area contributed by atoms with Gasteiger partial charge in [0.05, 0.1) is 0 Å². The number of benzene rings is 1. The molecule has 0 bridgehead atoms. The molecule has 1 aromatic rings. The highest BCUT2D eigenvalue weighted by Gasteiger charge is 2.26. The lowest BCUT2D eigenvalue weighted by molar-refractivity contribution is -0.133. The second-order valence-electron chi connectivity index (χ2n) is 4.84. The van der Waals surface area contributed by atoms with E-state index < -0.39 is 12.6 Å². The number of para-hydroxylation sites is 1. The van der Waals surface area contributed by atoms with E-state index in [1.54, 1.807) is 31.2 Å². The number of anilines is 1. The van der Waals surface area contributed by atoms with Crippen LogP contribution in [0.25, 0.3) is 0 Å². The second-order valence-corrected chi connectivity index (χ2v) is 4.84. The number of hydrogen-bond donors (Lipinski definition) is 2. The first-order chi connectivity index (χ1) is 9.28. The number of nitrogens with two attached hydrogens (primary N) is 1. The van der Waals surface area contributed by atoms with Gasteiger partial charge in [-0.15, -0.1) is 0 Å². The van der Waals surface area contributed by atoms with Crippen LogP contribution in [0, 0.1) is 0 Å². The number of nitrogens with one attached hydrogen (secondary N) is 1. The van der Waals surface area contributed by atoms with Crippen molar-refractivity contribution in [1.29, 1.82) is 0 Å². The van der Waals surface area contributed by atoms with Crippen LogP contribution in [0.15, 0.2) is 24.3 Å². The van der Waals surface area contributed by atoms with Crippen LogP contribution in [0.2, 0.25) is 0 Å². The van der Waals surface area contributed by atoms with Crippen LogP contribution in [0.3, 0.4) is 0 Å². The van der Waals surface area contributed by atoms with Gasteiger partial charge in [0, 0.05) is 24.6 Å². The Morgan fingerprint density at radius 2 is 2.00 bits per heavy atom. The van der Waals surface area contributed by atoms with Crippen LogP contribution < -0.4 is 11.1 Å². The zero-order valence-corrected chi connectivity index (χ0v) is 11.3. The van der Waals surface area contributed by atoms with E-state index in [0.29, 0.717) is 17.7 Å². The number of alkyl halides is 3. The predicted molar refractivity (Wildman–Crippen MR) is 72.3 cm³/mol. The molecule has 1 amide bonds. The number of rotatable bonds is 6. The third kappa shape index (κ3) is 6.56. The molecule has 20 heavy (non-hydrogen) atoms. The van der Waals surface area contributed by atoms with Gasteiger partial charge in [-0.25, -0.2) is 0 Å². The van der Waals surface area contributed by atoms with E-state index >= 15 is 0 Å². The summed E-state index contributed by atoms with van der Waals surface area (Å²) >= 11 is 0. The quantitative estimate of drug-likeness (QED) is 0.844. The number of amides is 1. The number of carbonyl (C=O) groups excluding carboxylic acids is 1. The van der Waals surface area contributed by atoms with Crippen molar-refractivity contribution in [2.45, 2.75) is 44.8 Å². The van der Waals surface area contributed by atoms with E-state index in [9.17, 15) is 18.0 Å². The molecule has 0 saturated carbocycles. The zero-order valence-electron chi connectivity index (χ0n) is 11.3. The zero-order chi connectivity index (χ0) is 15.2. The van der Waals surface area contributed by atoms with Crippen LogP contribution in [-0.4, -0.2) is 18.1 Å². The topological polar surface area (TPSA) is 55.1 Å². The molecule has 1 rings (SSSR count). The predicted octanol–water partition coefficient (Wildman–Crippen LogP) is 3.25. The summed E-state index contributed by atoms with van der Waals surface area (Å²) in [4.78, 5) is 11.7. The van der Waals surface area contributed by atoms with Crippen molar-refractivity contribution in [3.63, 3.8) is 0 Å². The van der Waals surface area contributed by atoms with E-state index in [1.165, 1.54) is 0 Å². The molecule has 0 aliphatic rings. The molecule has 0 spiro atoms. The van der Waals surface area contributed by atoms with Crippen LogP contribution in [0.1, 0.15) is 31.7 Å². The Labute approximate surface area is 116 Å². The Morgan fingerprint density at radius 1 is 1.35 bits per heavy atom. The fraction of sp³-hybridized carbons (Fsp3) is 0.500. The number of carbonyl (C=O) groups is 1. The normalized spacial score (nSPS) is 13.1. The van der Waals surface area contributed by atoms with Crippen LogP contribution in [-0.2, 0) is 11.2 Å². The molecule has 112 valence electrons. The molecule has 0 radical (unpaired) electrons. The molecular weight excluding hydrogens is 269 g/mol. The summed E-state index contributed by atoms with van der Waals surface area (Å²) in [6.45, 7) is 1.80. The summed E-state index contributed by atoms with van der Waals surface area (Å²) < 4.78 is 36.7. The molecule has 6 heteroatoms. The summed E-state index contributed by atoms with van der Waals surface area (Å²) in [6, 6.07) is 6.45. The van der Waals surface area contributed by atoms with Gasteiger partial charge in [0.25, 0.3) is 0 Å². The third-order valence-corrected chi connectivity index (χ3v) is 2.80. The highest BCUT2D eigenvalue weighted by molar-refractivity contribution is 5.91. The third-order valence-electron chi connectivity index (χ3n) is 2.80. The largest absolute Gasteiger partial charge is 0.389 e. The standard InChI is InChI=1S/C14H19F3N2O/c1-10(18)6-7-13(20)19-12-5-3-2-4-11(12)8-9-14(15,16)17/h2-5,10H,6-9,18H2,1H3,(H,19,20). The van der Waals surface area contributed by atoms with Crippen molar-refractivity contribution in [2.75, 3.05) is 5.32 Å². The second kappa shape index (κ2) is 7.28. The van der Waals surface area contributed by atoms with Crippen molar-refractivity contribution in [2.24, 2.45) is 5.73 Å². The van der Waals surface area contributed by atoms with Crippen molar-refractivity contribution in [3.05, 3.63) is 29.8 Å². The van der Waals surface area contributed by atoms with Crippen molar-refractivity contribution < 1.29 is 18.0 Å². The molecule has 0 aromatic heterocycles. The molecule has 0 aliphatic heterocycles. The maximum Gasteiger partial charge on any atom is 0.389 e. The van der Waals surface area contributed by atoms with Gasteiger partial charge in [0.2, 0.25) is 5.91 Å². The van der Waals surface area contributed by atoms with E-state index in [-0.39, 0.29) is 24.8 Å². The SMILES string of the molecule is CC(N)CCC(=O)Nc1ccccc1CCC(F)(F)F. The van der Waals surface area contributed by atoms with Crippen LogP contribution >= 0.6 is 0 Å². The minimum Gasteiger partial charge on any atom is -0.328 e. The number of halogens is 3. The van der Waals surface area contributed by atoms with Crippen molar-refractivity contribution >= 4 is 11.6 Å². The maximum absolute atomic E-state index is 12.2. The molecule has 1 aromatic carbocycles. The smallest absolute Gasteiger partial charge is 0.328 e. The van der Waals surface area contributed by atoms with Gasteiger partial charge in [0.1, 0.15) is 0 Å². The van der Waals surface area contributed by atoms with Gasteiger partial charge >= 0.3 is 6.18 Å². The van der Waals surface area contributed by atoms with E-state index in [1.807, 2.05) is 0 Å². The fourth-order valence-electron chi connectivity index (χ4n) is 1.71. The van der Waals surface area contributed by atoms with Gasteiger partial charge < -0.3 is 11.1 Å².